The van der Waals surface area contributed by atoms with E-state index >= 15 is 0 Å². The van der Waals surface area contributed by atoms with Gasteiger partial charge in [0.05, 0.1) is 19.3 Å². The first-order chi connectivity index (χ1) is 10.7. The fourth-order valence-electron chi connectivity index (χ4n) is 3.64. The summed E-state index contributed by atoms with van der Waals surface area (Å²) < 4.78 is 60.3. The van der Waals surface area contributed by atoms with Gasteiger partial charge in [0.2, 0.25) is 22.3 Å². The van der Waals surface area contributed by atoms with E-state index in [4.69, 9.17) is 4.74 Å². The predicted octanol–water partition coefficient (Wildman–Crippen LogP) is 1.58. The van der Waals surface area contributed by atoms with Crippen LogP contribution in [0.2, 0.25) is 0 Å². The summed E-state index contributed by atoms with van der Waals surface area (Å²) in [6, 6.07) is 0. The quantitative estimate of drug-likeness (QED) is 0.833. The summed E-state index contributed by atoms with van der Waals surface area (Å²) in [5.74, 6) is -0.0143. The fourth-order valence-corrected chi connectivity index (χ4v) is 5.27. The average molecular weight is 347 g/mol. The van der Waals surface area contributed by atoms with Crippen LogP contribution in [0.3, 0.4) is 0 Å². The SMILES string of the molecule is CC1(C)COc2c(S(=O)(=O)N3C[C@@H]4C[C@]4(C(F)F)C3)cnn2C1. The van der Waals surface area contributed by atoms with Crippen molar-refractivity contribution in [1.82, 2.24) is 14.1 Å². The predicted molar refractivity (Wildman–Crippen MR) is 76.8 cm³/mol. The maximum atomic E-state index is 13.2. The number of hydrogen-bond acceptors (Lipinski definition) is 4. The summed E-state index contributed by atoms with van der Waals surface area (Å²) in [4.78, 5) is -0.0151. The summed E-state index contributed by atoms with van der Waals surface area (Å²) in [5.41, 5.74) is -1.27. The third-order valence-corrected chi connectivity index (χ3v) is 6.96. The molecule has 0 unspecified atom stereocenters. The Hall–Kier alpha value is -1.22. The minimum Gasteiger partial charge on any atom is -0.476 e. The zero-order valence-corrected chi connectivity index (χ0v) is 13.8. The fraction of sp³-hybridized carbons (Fsp3) is 0.786. The average Bonchev–Trinajstić information content (AvgIpc) is 2.82. The lowest BCUT2D eigenvalue weighted by Gasteiger charge is -2.30. The first kappa shape index (κ1) is 15.3. The Morgan fingerprint density at radius 2 is 2.13 bits per heavy atom. The van der Waals surface area contributed by atoms with Crippen molar-refractivity contribution in [1.29, 1.82) is 0 Å². The summed E-state index contributed by atoms with van der Waals surface area (Å²) >= 11 is 0. The van der Waals surface area contributed by atoms with Gasteiger partial charge in [-0.25, -0.2) is 21.9 Å². The van der Waals surface area contributed by atoms with E-state index in [1.54, 1.807) is 0 Å². The van der Waals surface area contributed by atoms with Gasteiger partial charge in [0, 0.05) is 23.9 Å². The number of halogens is 2. The Labute approximate surface area is 133 Å². The molecule has 128 valence electrons. The van der Waals surface area contributed by atoms with Crippen molar-refractivity contribution < 1.29 is 21.9 Å². The Morgan fingerprint density at radius 3 is 2.78 bits per heavy atom. The van der Waals surface area contributed by atoms with Crippen molar-refractivity contribution in [3.05, 3.63) is 6.20 Å². The number of rotatable bonds is 3. The maximum absolute atomic E-state index is 13.2. The normalized spacial score (nSPS) is 32.5. The molecule has 1 aliphatic carbocycles. The van der Waals surface area contributed by atoms with Crippen LogP contribution in [-0.4, -0.2) is 48.6 Å². The van der Waals surface area contributed by atoms with E-state index in [1.807, 2.05) is 13.8 Å². The first-order valence-corrected chi connectivity index (χ1v) is 9.07. The molecule has 1 saturated carbocycles. The monoisotopic (exact) mass is 347 g/mol. The van der Waals surface area contributed by atoms with Gasteiger partial charge in [-0.15, -0.1) is 0 Å². The molecule has 9 heteroatoms. The van der Waals surface area contributed by atoms with Gasteiger partial charge in [0.1, 0.15) is 0 Å². The molecule has 6 nitrogen and oxygen atoms in total. The molecule has 0 N–H and O–H groups in total. The van der Waals surface area contributed by atoms with E-state index < -0.39 is 21.9 Å². The van der Waals surface area contributed by atoms with Crippen molar-refractivity contribution >= 4 is 10.0 Å². The molecule has 1 aromatic heterocycles. The van der Waals surface area contributed by atoms with E-state index in [0.717, 1.165) is 4.31 Å². The van der Waals surface area contributed by atoms with Crippen LogP contribution in [0.5, 0.6) is 5.88 Å². The van der Waals surface area contributed by atoms with Crippen molar-refractivity contribution in [3.63, 3.8) is 0 Å². The zero-order valence-electron chi connectivity index (χ0n) is 13.0. The number of nitrogens with zero attached hydrogens (tertiary/aromatic N) is 3. The standard InChI is InChI=1S/C14H19F2N3O3S/c1-13(2)6-19-11(22-8-13)10(4-17-19)23(20,21)18-5-9-3-14(9,7-18)12(15)16/h4,9,12H,3,5-8H2,1-2H3/t9-,14-/m0/s1. The molecule has 23 heavy (non-hydrogen) atoms. The van der Waals surface area contributed by atoms with Crippen LogP contribution in [0.15, 0.2) is 11.1 Å². The number of piperidine rings is 1. The third-order valence-electron chi connectivity index (χ3n) is 5.16. The maximum Gasteiger partial charge on any atom is 0.250 e. The van der Waals surface area contributed by atoms with E-state index in [-0.39, 0.29) is 35.2 Å². The lowest BCUT2D eigenvalue weighted by molar-refractivity contribution is 0.0596. The Morgan fingerprint density at radius 1 is 1.39 bits per heavy atom. The molecule has 0 spiro atoms. The van der Waals surface area contributed by atoms with Gasteiger partial charge in [0.15, 0.2) is 4.90 Å². The van der Waals surface area contributed by atoms with Gasteiger partial charge in [-0.2, -0.15) is 9.40 Å². The highest BCUT2D eigenvalue weighted by Gasteiger charge is 2.67. The zero-order chi connectivity index (χ0) is 16.6. The molecule has 1 saturated heterocycles. The van der Waals surface area contributed by atoms with Crippen LogP contribution in [0, 0.1) is 16.7 Å². The van der Waals surface area contributed by atoms with E-state index in [1.165, 1.54) is 10.9 Å². The van der Waals surface area contributed by atoms with Crippen LogP contribution < -0.4 is 4.74 Å². The van der Waals surface area contributed by atoms with Gasteiger partial charge < -0.3 is 4.74 Å². The van der Waals surface area contributed by atoms with Crippen LogP contribution in [-0.2, 0) is 16.6 Å². The minimum absolute atomic E-state index is 0.0151. The molecular formula is C14H19F2N3O3S. The first-order valence-electron chi connectivity index (χ1n) is 7.63. The molecular weight excluding hydrogens is 328 g/mol. The Kier molecular flexibility index (Phi) is 2.96. The molecule has 1 aromatic rings. The van der Waals surface area contributed by atoms with E-state index in [2.05, 4.69) is 5.10 Å². The highest BCUT2D eigenvalue weighted by Crippen LogP contribution is 2.62. The molecule has 3 aliphatic rings. The molecule has 0 bridgehead atoms. The van der Waals surface area contributed by atoms with Crippen molar-refractivity contribution in [2.45, 2.75) is 38.1 Å². The minimum atomic E-state index is -3.86. The number of alkyl halides is 2. The van der Waals surface area contributed by atoms with Crippen LogP contribution in [0.4, 0.5) is 8.78 Å². The van der Waals surface area contributed by atoms with Gasteiger partial charge in [0.25, 0.3) is 0 Å². The molecule has 2 aliphatic heterocycles. The summed E-state index contributed by atoms with van der Waals surface area (Å²) in [5, 5.41) is 4.11. The Bertz CT molecular complexity index is 761. The number of sulfonamides is 1. The van der Waals surface area contributed by atoms with Crippen molar-refractivity contribution in [2.24, 2.45) is 16.7 Å². The van der Waals surface area contributed by atoms with Crippen LogP contribution >= 0.6 is 0 Å². The molecule has 4 rings (SSSR count). The van der Waals surface area contributed by atoms with E-state index in [0.29, 0.717) is 19.6 Å². The lowest BCUT2D eigenvalue weighted by atomic mass is 9.94. The smallest absolute Gasteiger partial charge is 0.250 e. The highest BCUT2D eigenvalue weighted by atomic mass is 32.2. The molecule has 0 radical (unpaired) electrons. The second-order valence-electron chi connectivity index (χ2n) is 7.66. The summed E-state index contributed by atoms with van der Waals surface area (Å²) in [6.45, 7) is 5.00. The number of hydrogen-bond donors (Lipinski definition) is 0. The lowest BCUT2D eigenvalue weighted by Crippen LogP contribution is -2.35. The van der Waals surface area contributed by atoms with Crippen LogP contribution in [0.25, 0.3) is 0 Å². The van der Waals surface area contributed by atoms with Crippen molar-refractivity contribution in [2.75, 3.05) is 19.7 Å². The molecule has 2 atom stereocenters. The molecule has 0 amide bonds. The summed E-state index contributed by atoms with van der Waals surface area (Å²) in [6.07, 6.45) is -0.802. The number of fused-ring (bicyclic) bond motifs is 2. The third kappa shape index (κ3) is 2.12. The van der Waals surface area contributed by atoms with Crippen LogP contribution in [0.1, 0.15) is 20.3 Å². The van der Waals surface area contributed by atoms with Crippen molar-refractivity contribution in [3.8, 4) is 5.88 Å². The molecule has 3 heterocycles. The summed E-state index contributed by atoms with van der Waals surface area (Å²) in [7, 11) is -3.86. The van der Waals surface area contributed by atoms with E-state index in [9.17, 15) is 17.2 Å². The van der Waals surface area contributed by atoms with Gasteiger partial charge in [-0.1, -0.05) is 13.8 Å². The largest absolute Gasteiger partial charge is 0.476 e. The molecule has 2 fully saturated rings. The molecule has 0 aromatic carbocycles. The Balaban J connectivity index is 1.63. The number of aromatic nitrogens is 2. The second kappa shape index (κ2) is 4.44. The second-order valence-corrected chi connectivity index (χ2v) is 9.56. The number of ether oxygens (including phenoxy) is 1. The van der Waals surface area contributed by atoms with Gasteiger partial charge in [-0.3, -0.25) is 0 Å². The van der Waals surface area contributed by atoms with Gasteiger partial charge in [-0.05, 0) is 12.3 Å². The highest BCUT2D eigenvalue weighted by molar-refractivity contribution is 7.89. The van der Waals surface area contributed by atoms with Gasteiger partial charge >= 0.3 is 0 Å². The topological polar surface area (TPSA) is 64.4 Å².